The Morgan fingerprint density at radius 1 is 1.38 bits per heavy atom. The van der Waals surface area contributed by atoms with Crippen LogP contribution in [0.25, 0.3) is 11.0 Å². The number of benzene rings is 1. The molecule has 11 heteroatoms. The highest BCUT2D eigenvalue weighted by Gasteiger charge is 2.47. The summed E-state index contributed by atoms with van der Waals surface area (Å²) in [4.78, 5) is 21.9. The number of carbonyl (C=O) groups is 1. The fourth-order valence-corrected chi connectivity index (χ4v) is 3.03. The van der Waals surface area contributed by atoms with Crippen molar-refractivity contribution in [2.45, 2.75) is 31.4 Å². The maximum Gasteiger partial charge on any atom is 0.416 e. The van der Waals surface area contributed by atoms with E-state index >= 15 is 0 Å². The summed E-state index contributed by atoms with van der Waals surface area (Å²) in [5.41, 5.74) is 1.08. The van der Waals surface area contributed by atoms with Crippen molar-refractivity contribution < 1.29 is 27.8 Å². The van der Waals surface area contributed by atoms with Crippen LogP contribution < -0.4 is 10.2 Å². The van der Waals surface area contributed by atoms with Gasteiger partial charge in [0.15, 0.2) is 12.2 Å². The van der Waals surface area contributed by atoms with Crippen molar-refractivity contribution in [2.75, 3.05) is 24.5 Å². The zero-order valence-electron chi connectivity index (χ0n) is 15.3. The summed E-state index contributed by atoms with van der Waals surface area (Å²) in [6, 6.07) is 4.91. The number of rotatable bonds is 4. The number of ether oxygens (including phenoxy) is 1. The lowest BCUT2D eigenvalue weighted by Gasteiger charge is -2.39. The first-order chi connectivity index (χ1) is 13.7. The number of morpholine rings is 1. The number of fused-ring (bicyclic) bond motifs is 1. The highest BCUT2D eigenvalue weighted by Crippen LogP contribution is 2.33. The van der Waals surface area contributed by atoms with E-state index in [4.69, 9.17) is 4.74 Å². The van der Waals surface area contributed by atoms with Crippen LogP contribution in [-0.4, -0.2) is 65.1 Å². The van der Waals surface area contributed by atoms with E-state index in [1.165, 1.54) is 36.4 Å². The Morgan fingerprint density at radius 2 is 2.07 bits per heavy atom. The molecule has 2 heterocycles. The van der Waals surface area contributed by atoms with Crippen LogP contribution in [0.15, 0.2) is 24.5 Å². The molecule has 29 heavy (non-hydrogen) atoms. The highest BCUT2D eigenvalue weighted by molar-refractivity contribution is 5.92. The van der Waals surface area contributed by atoms with Gasteiger partial charge < -0.3 is 20.1 Å². The zero-order chi connectivity index (χ0) is 21.2. The predicted molar refractivity (Wildman–Crippen MR) is 95.9 cm³/mol. The molecule has 3 rings (SSSR count). The van der Waals surface area contributed by atoms with Gasteiger partial charge in [0.25, 0.3) is 5.91 Å². The van der Waals surface area contributed by atoms with Crippen LogP contribution in [0, 0.1) is 11.3 Å². The third kappa shape index (κ3) is 4.55. The molecule has 0 radical (unpaired) electrons. The number of amides is 1. The van der Waals surface area contributed by atoms with Crippen LogP contribution in [0.2, 0.25) is 0 Å². The van der Waals surface area contributed by atoms with Gasteiger partial charge in [-0.25, -0.2) is 0 Å². The minimum absolute atomic E-state index is 0.110. The lowest BCUT2D eigenvalue weighted by atomic mass is 10.1. The average Bonchev–Trinajstić information content (AvgIpc) is 2.70. The molecule has 1 aliphatic rings. The standard InChI is InChI=1S/C18H18F3N5O3/c1-10(27)7-25-17(28)13-8-26(9-14(29-13)18(19,20)21)12-3-2-11(6-22)15-16(12)24-5-4-23-15/h2-5,10,13-14,27H,7-9H2,1H3,(H,25,28)/t10-,13+,14-/m1/s1. The van der Waals surface area contributed by atoms with Crippen molar-refractivity contribution in [3.63, 3.8) is 0 Å². The fourth-order valence-electron chi connectivity index (χ4n) is 3.03. The summed E-state index contributed by atoms with van der Waals surface area (Å²) in [7, 11) is 0. The molecule has 0 saturated carbocycles. The number of aromatic nitrogens is 2. The Bertz CT molecular complexity index is 944. The molecule has 2 N–H and O–H groups in total. The number of nitrogens with zero attached hydrogens (tertiary/aromatic N) is 4. The quantitative estimate of drug-likeness (QED) is 0.779. The molecule has 2 aromatic rings. The smallest absolute Gasteiger partial charge is 0.392 e. The Kier molecular flexibility index (Phi) is 5.86. The van der Waals surface area contributed by atoms with Gasteiger partial charge in [-0.3, -0.25) is 14.8 Å². The number of hydrogen-bond acceptors (Lipinski definition) is 7. The molecule has 0 unspecified atom stereocenters. The van der Waals surface area contributed by atoms with Gasteiger partial charge in [0.1, 0.15) is 17.1 Å². The number of alkyl halides is 3. The van der Waals surface area contributed by atoms with Crippen LogP contribution in [-0.2, 0) is 9.53 Å². The van der Waals surface area contributed by atoms with E-state index in [1.807, 2.05) is 6.07 Å². The second-order valence-corrected chi connectivity index (χ2v) is 6.65. The largest absolute Gasteiger partial charge is 0.416 e. The van der Waals surface area contributed by atoms with Gasteiger partial charge in [0, 0.05) is 18.9 Å². The Labute approximate surface area is 163 Å². The van der Waals surface area contributed by atoms with Crippen molar-refractivity contribution >= 4 is 22.6 Å². The third-order valence-corrected chi connectivity index (χ3v) is 4.40. The van der Waals surface area contributed by atoms with Crippen LogP contribution in [0.4, 0.5) is 18.9 Å². The predicted octanol–water partition coefficient (Wildman–Crippen LogP) is 1.13. The van der Waals surface area contributed by atoms with E-state index in [2.05, 4.69) is 15.3 Å². The van der Waals surface area contributed by atoms with Gasteiger partial charge in [-0.2, -0.15) is 18.4 Å². The molecular weight excluding hydrogens is 391 g/mol. The van der Waals surface area contributed by atoms with E-state index in [0.717, 1.165) is 0 Å². The van der Waals surface area contributed by atoms with E-state index in [0.29, 0.717) is 5.69 Å². The van der Waals surface area contributed by atoms with Crippen molar-refractivity contribution in [1.82, 2.24) is 15.3 Å². The molecule has 154 valence electrons. The molecule has 1 aromatic heterocycles. The van der Waals surface area contributed by atoms with Gasteiger partial charge in [0.05, 0.1) is 30.4 Å². The fraction of sp³-hybridized carbons (Fsp3) is 0.444. The van der Waals surface area contributed by atoms with E-state index < -0.39 is 36.9 Å². The number of nitriles is 1. The SMILES string of the molecule is C[C@@H](O)CNC(=O)[C@@H]1CN(c2ccc(C#N)c3nccnc23)C[C@H](C(F)(F)F)O1. The van der Waals surface area contributed by atoms with E-state index in [1.54, 1.807) is 0 Å². The minimum atomic E-state index is -4.68. The zero-order valence-corrected chi connectivity index (χ0v) is 15.3. The second kappa shape index (κ2) is 8.18. The number of aliphatic hydroxyl groups is 1. The van der Waals surface area contributed by atoms with Gasteiger partial charge in [-0.15, -0.1) is 0 Å². The summed E-state index contributed by atoms with van der Waals surface area (Å²) in [5.74, 6) is -0.756. The minimum Gasteiger partial charge on any atom is -0.392 e. The number of anilines is 1. The van der Waals surface area contributed by atoms with Crippen LogP contribution in [0.3, 0.4) is 0 Å². The van der Waals surface area contributed by atoms with E-state index in [-0.39, 0.29) is 29.7 Å². The first-order valence-corrected chi connectivity index (χ1v) is 8.77. The molecule has 1 amide bonds. The molecule has 8 nitrogen and oxygen atoms in total. The molecule has 1 aliphatic heterocycles. The average molecular weight is 409 g/mol. The summed E-state index contributed by atoms with van der Waals surface area (Å²) in [6.07, 6.45) is -6.37. The number of halogens is 3. The van der Waals surface area contributed by atoms with Crippen LogP contribution in [0.1, 0.15) is 12.5 Å². The maximum atomic E-state index is 13.4. The molecule has 0 bridgehead atoms. The lowest BCUT2D eigenvalue weighted by molar-refractivity contribution is -0.234. The van der Waals surface area contributed by atoms with Gasteiger partial charge in [0.2, 0.25) is 0 Å². The summed E-state index contributed by atoms with van der Waals surface area (Å²) in [5, 5.41) is 20.9. The van der Waals surface area contributed by atoms with Crippen LogP contribution >= 0.6 is 0 Å². The summed E-state index contributed by atoms with van der Waals surface area (Å²) >= 11 is 0. The highest BCUT2D eigenvalue weighted by atomic mass is 19.4. The van der Waals surface area contributed by atoms with Crippen molar-refractivity contribution in [1.29, 1.82) is 5.26 Å². The molecule has 3 atom stereocenters. The molecule has 1 fully saturated rings. The molecular formula is C18H18F3N5O3. The normalized spacial score (nSPS) is 20.9. The van der Waals surface area contributed by atoms with Crippen molar-refractivity contribution in [3.8, 4) is 6.07 Å². The summed E-state index contributed by atoms with van der Waals surface area (Å²) in [6.45, 7) is 0.631. The molecule has 1 saturated heterocycles. The van der Waals surface area contributed by atoms with Crippen molar-refractivity contribution in [2.24, 2.45) is 0 Å². The lowest BCUT2D eigenvalue weighted by Crippen LogP contribution is -2.57. The second-order valence-electron chi connectivity index (χ2n) is 6.65. The molecule has 0 aliphatic carbocycles. The number of nitrogens with one attached hydrogen (secondary N) is 1. The first-order valence-electron chi connectivity index (χ1n) is 8.77. The maximum absolute atomic E-state index is 13.4. The molecule has 0 spiro atoms. The van der Waals surface area contributed by atoms with Gasteiger partial charge in [-0.1, -0.05) is 0 Å². The topological polar surface area (TPSA) is 111 Å². The number of hydrogen-bond donors (Lipinski definition) is 2. The third-order valence-electron chi connectivity index (χ3n) is 4.40. The number of aliphatic hydroxyl groups excluding tert-OH is 1. The molecule has 1 aromatic carbocycles. The first kappa shape index (κ1) is 20.8. The Balaban J connectivity index is 1.96. The van der Waals surface area contributed by atoms with Gasteiger partial charge >= 0.3 is 6.18 Å². The Morgan fingerprint density at radius 3 is 2.69 bits per heavy atom. The monoisotopic (exact) mass is 409 g/mol. The van der Waals surface area contributed by atoms with Crippen LogP contribution in [0.5, 0.6) is 0 Å². The summed E-state index contributed by atoms with van der Waals surface area (Å²) < 4.78 is 45.3. The van der Waals surface area contributed by atoms with E-state index in [9.17, 15) is 28.3 Å². The number of carbonyl (C=O) groups excluding carboxylic acids is 1. The van der Waals surface area contributed by atoms with Crippen molar-refractivity contribution in [3.05, 3.63) is 30.1 Å². The van der Waals surface area contributed by atoms with Gasteiger partial charge in [-0.05, 0) is 19.1 Å². The Hall–Kier alpha value is -2.97.